The predicted molar refractivity (Wildman–Crippen MR) is 57.5 cm³/mol. The summed E-state index contributed by atoms with van der Waals surface area (Å²) in [6.45, 7) is 3.62. The standard InChI is InChI=1S/C11H13N3O2/c1-3-8-5-4-6-12-9(8)10-13-11(7(2)15)16-14-10/h4-7,15H,3H2,1-2H3/t7-/m0/s1. The fraction of sp³-hybridized carbons (Fsp3) is 0.364. The van der Waals surface area contributed by atoms with Gasteiger partial charge in [0, 0.05) is 6.20 Å². The van der Waals surface area contributed by atoms with Crippen LogP contribution in [0.5, 0.6) is 0 Å². The average Bonchev–Trinajstić information content (AvgIpc) is 2.78. The van der Waals surface area contributed by atoms with Crippen LogP contribution in [0.3, 0.4) is 0 Å². The lowest BCUT2D eigenvalue weighted by molar-refractivity contribution is 0.152. The molecule has 0 radical (unpaired) electrons. The minimum atomic E-state index is -0.755. The molecule has 16 heavy (non-hydrogen) atoms. The summed E-state index contributed by atoms with van der Waals surface area (Å²) in [5.41, 5.74) is 1.76. The number of rotatable bonds is 3. The zero-order chi connectivity index (χ0) is 11.5. The van der Waals surface area contributed by atoms with Crippen molar-refractivity contribution in [3.05, 3.63) is 29.8 Å². The predicted octanol–water partition coefficient (Wildman–Crippen LogP) is 1.75. The molecule has 0 saturated carbocycles. The maximum atomic E-state index is 9.29. The van der Waals surface area contributed by atoms with Gasteiger partial charge in [-0.3, -0.25) is 4.98 Å². The number of aromatic nitrogens is 3. The van der Waals surface area contributed by atoms with Gasteiger partial charge in [0.05, 0.1) is 0 Å². The summed E-state index contributed by atoms with van der Waals surface area (Å²) in [6.07, 6.45) is 1.78. The quantitative estimate of drug-likeness (QED) is 0.851. The Morgan fingerprint density at radius 1 is 1.50 bits per heavy atom. The van der Waals surface area contributed by atoms with Crippen molar-refractivity contribution < 1.29 is 9.63 Å². The average molecular weight is 219 g/mol. The van der Waals surface area contributed by atoms with E-state index in [1.54, 1.807) is 13.1 Å². The molecule has 1 N–H and O–H groups in total. The molecule has 2 aromatic rings. The Morgan fingerprint density at radius 2 is 2.31 bits per heavy atom. The summed E-state index contributed by atoms with van der Waals surface area (Å²) in [6, 6.07) is 3.85. The summed E-state index contributed by atoms with van der Waals surface area (Å²) in [4.78, 5) is 8.32. The first-order chi connectivity index (χ1) is 7.72. The number of hydrogen-bond donors (Lipinski definition) is 1. The van der Waals surface area contributed by atoms with Gasteiger partial charge in [0.2, 0.25) is 5.82 Å². The van der Waals surface area contributed by atoms with Crippen molar-refractivity contribution in [3.8, 4) is 11.5 Å². The topological polar surface area (TPSA) is 72.0 Å². The van der Waals surface area contributed by atoms with E-state index in [0.717, 1.165) is 12.0 Å². The van der Waals surface area contributed by atoms with Crippen LogP contribution in [-0.4, -0.2) is 20.2 Å². The summed E-state index contributed by atoms with van der Waals surface area (Å²) in [5.74, 6) is 0.635. The van der Waals surface area contributed by atoms with E-state index in [2.05, 4.69) is 15.1 Å². The van der Waals surface area contributed by atoms with Gasteiger partial charge in [0.25, 0.3) is 5.89 Å². The van der Waals surface area contributed by atoms with Crippen LogP contribution < -0.4 is 0 Å². The van der Waals surface area contributed by atoms with E-state index in [0.29, 0.717) is 11.5 Å². The van der Waals surface area contributed by atoms with Crippen molar-refractivity contribution in [2.24, 2.45) is 0 Å². The van der Waals surface area contributed by atoms with Crippen LogP contribution in [0.25, 0.3) is 11.5 Å². The molecule has 2 heterocycles. The molecule has 2 aromatic heterocycles. The lowest BCUT2D eigenvalue weighted by atomic mass is 10.1. The molecule has 0 saturated heterocycles. The summed E-state index contributed by atoms with van der Waals surface area (Å²) in [5, 5.41) is 13.1. The summed E-state index contributed by atoms with van der Waals surface area (Å²) >= 11 is 0. The van der Waals surface area contributed by atoms with E-state index < -0.39 is 6.10 Å². The zero-order valence-corrected chi connectivity index (χ0v) is 9.21. The maximum Gasteiger partial charge on any atom is 0.255 e. The van der Waals surface area contributed by atoms with Gasteiger partial charge in [-0.15, -0.1) is 0 Å². The Labute approximate surface area is 93.1 Å². The molecule has 2 rings (SSSR count). The lowest BCUT2D eigenvalue weighted by Crippen LogP contribution is -1.94. The van der Waals surface area contributed by atoms with Crippen molar-refractivity contribution in [3.63, 3.8) is 0 Å². The number of aryl methyl sites for hydroxylation is 1. The Bertz CT molecular complexity index is 480. The van der Waals surface area contributed by atoms with Crippen LogP contribution in [0.2, 0.25) is 0 Å². The number of aliphatic hydroxyl groups excluding tert-OH is 1. The van der Waals surface area contributed by atoms with E-state index in [4.69, 9.17) is 4.52 Å². The van der Waals surface area contributed by atoms with E-state index >= 15 is 0 Å². The summed E-state index contributed by atoms with van der Waals surface area (Å²) < 4.78 is 4.93. The number of nitrogens with zero attached hydrogens (tertiary/aromatic N) is 3. The number of aliphatic hydroxyl groups is 1. The van der Waals surface area contributed by atoms with Crippen LogP contribution >= 0.6 is 0 Å². The van der Waals surface area contributed by atoms with Crippen LogP contribution in [0.4, 0.5) is 0 Å². The van der Waals surface area contributed by atoms with E-state index in [1.807, 2.05) is 19.1 Å². The molecule has 5 nitrogen and oxygen atoms in total. The number of pyridine rings is 1. The summed E-state index contributed by atoms with van der Waals surface area (Å²) in [7, 11) is 0. The third kappa shape index (κ3) is 1.94. The molecule has 84 valence electrons. The van der Waals surface area contributed by atoms with E-state index in [1.165, 1.54) is 0 Å². The van der Waals surface area contributed by atoms with Crippen molar-refractivity contribution in [1.29, 1.82) is 0 Å². The Hall–Kier alpha value is -1.75. The first-order valence-electron chi connectivity index (χ1n) is 5.18. The van der Waals surface area contributed by atoms with Gasteiger partial charge in [-0.05, 0) is 25.0 Å². The zero-order valence-electron chi connectivity index (χ0n) is 9.21. The molecule has 5 heteroatoms. The molecule has 0 aromatic carbocycles. The SMILES string of the molecule is CCc1cccnc1-c1noc([C@H](C)O)n1. The van der Waals surface area contributed by atoms with Gasteiger partial charge in [-0.25, -0.2) is 0 Å². The van der Waals surface area contributed by atoms with Crippen molar-refractivity contribution in [2.75, 3.05) is 0 Å². The number of hydrogen-bond acceptors (Lipinski definition) is 5. The highest BCUT2D eigenvalue weighted by Crippen LogP contribution is 2.20. The van der Waals surface area contributed by atoms with E-state index in [-0.39, 0.29) is 5.89 Å². The van der Waals surface area contributed by atoms with E-state index in [9.17, 15) is 5.11 Å². The van der Waals surface area contributed by atoms with Gasteiger partial charge >= 0.3 is 0 Å². The molecule has 0 aliphatic rings. The molecule has 0 spiro atoms. The van der Waals surface area contributed by atoms with Crippen LogP contribution in [-0.2, 0) is 6.42 Å². The third-order valence-electron chi connectivity index (χ3n) is 2.28. The fourth-order valence-corrected chi connectivity index (χ4v) is 1.43. The van der Waals surface area contributed by atoms with Crippen LogP contribution in [0, 0.1) is 0 Å². The Balaban J connectivity index is 2.42. The molecule has 0 unspecified atom stereocenters. The fourth-order valence-electron chi connectivity index (χ4n) is 1.43. The minimum absolute atomic E-state index is 0.211. The second-order valence-corrected chi connectivity index (χ2v) is 3.50. The molecule has 1 atom stereocenters. The molecular weight excluding hydrogens is 206 g/mol. The first-order valence-corrected chi connectivity index (χ1v) is 5.18. The van der Waals surface area contributed by atoms with Crippen LogP contribution in [0.1, 0.15) is 31.4 Å². The van der Waals surface area contributed by atoms with Gasteiger partial charge in [-0.2, -0.15) is 4.98 Å². The van der Waals surface area contributed by atoms with Gasteiger partial charge < -0.3 is 9.63 Å². The highest BCUT2D eigenvalue weighted by atomic mass is 16.5. The first kappa shape index (κ1) is 10.8. The highest BCUT2D eigenvalue weighted by molar-refractivity contribution is 5.53. The second kappa shape index (κ2) is 4.40. The van der Waals surface area contributed by atoms with Gasteiger partial charge in [0.1, 0.15) is 11.8 Å². The molecule has 0 bridgehead atoms. The maximum absolute atomic E-state index is 9.29. The van der Waals surface area contributed by atoms with Gasteiger partial charge in [-0.1, -0.05) is 18.1 Å². The molecule has 0 amide bonds. The normalized spacial score (nSPS) is 12.7. The molecule has 0 aliphatic heterocycles. The molecular formula is C11H13N3O2. The monoisotopic (exact) mass is 219 g/mol. The Kier molecular flexibility index (Phi) is 2.96. The highest BCUT2D eigenvalue weighted by Gasteiger charge is 2.15. The lowest BCUT2D eigenvalue weighted by Gasteiger charge is -2.00. The molecule has 0 fully saturated rings. The minimum Gasteiger partial charge on any atom is -0.384 e. The van der Waals surface area contributed by atoms with Gasteiger partial charge in [0.15, 0.2) is 0 Å². The van der Waals surface area contributed by atoms with Crippen molar-refractivity contribution >= 4 is 0 Å². The largest absolute Gasteiger partial charge is 0.384 e. The second-order valence-electron chi connectivity index (χ2n) is 3.50. The van der Waals surface area contributed by atoms with Crippen LogP contribution in [0.15, 0.2) is 22.9 Å². The third-order valence-corrected chi connectivity index (χ3v) is 2.28. The smallest absolute Gasteiger partial charge is 0.255 e. The van der Waals surface area contributed by atoms with Crippen molar-refractivity contribution in [1.82, 2.24) is 15.1 Å². The van der Waals surface area contributed by atoms with Crippen molar-refractivity contribution in [2.45, 2.75) is 26.4 Å². The molecule has 0 aliphatic carbocycles. The Morgan fingerprint density at radius 3 is 2.94 bits per heavy atom.